The fourth-order valence-corrected chi connectivity index (χ4v) is 0. The summed E-state index contributed by atoms with van der Waals surface area (Å²) in [5.74, 6) is 1.76. The molecule has 0 unspecified atom stereocenters. The number of thiol groups is 4. The van der Waals surface area contributed by atoms with Crippen LogP contribution in [0.15, 0.2) is 0 Å². The second-order valence-electron chi connectivity index (χ2n) is 1.08. The Bertz CT molecular complexity index is 24.5. The molecule has 0 nitrogen and oxygen atoms in total. The Morgan fingerprint density at radius 3 is 1.25 bits per heavy atom. The Kier molecular flexibility index (Phi) is 17.0. The molecule has 8 heavy (non-hydrogen) atoms. The Hall–Kier alpha value is 1.40. The van der Waals surface area contributed by atoms with E-state index in [2.05, 4.69) is 50.5 Å². The molecule has 0 spiro atoms. The van der Waals surface area contributed by atoms with Gasteiger partial charge < -0.3 is 0 Å². The molecule has 0 aromatic carbocycles. The van der Waals surface area contributed by atoms with E-state index in [4.69, 9.17) is 0 Å². The van der Waals surface area contributed by atoms with Crippen LogP contribution < -0.4 is 0 Å². The summed E-state index contributed by atoms with van der Waals surface area (Å²) in [6.07, 6.45) is 0. The minimum absolute atomic E-state index is 0.222. The zero-order valence-electron chi connectivity index (χ0n) is 4.78. The van der Waals surface area contributed by atoms with Crippen molar-refractivity contribution in [2.45, 2.75) is 11.5 Å². The van der Waals surface area contributed by atoms with Crippen molar-refractivity contribution in [3.8, 4) is 0 Å². The summed E-state index contributed by atoms with van der Waals surface area (Å²) >= 11 is 15.3. The van der Waals surface area contributed by atoms with Crippen LogP contribution in [0.5, 0.6) is 0 Å². The van der Waals surface area contributed by atoms with Crippen molar-refractivity contribution < 1.29 is 0 Å². The molecule has 4 heteroatoms. The Balaban J connectivity index is 0. The molecular formula is C4H12S4. The Morgan fingerprint density at radius 2 is 1.25 bits per heavy atom. The van der Waals surface area contributed by atoms with E-state index in [9.17, 15) is 0 Å². The second kappa shape index (κ2) is 11.2. The average Bonchev–Trinajstić information content (AvgIpc) is 1.65. The number of hydrogen-bond acceptors (Lipinski definition) is 4. The van der Waals surface area contributed by atoms with Crippen LogP contribution in [0, 0.1) is 0 Å². The molecule has 0 fully saturated rings. The zero-order chi connectivity index (χ0) is 6.99. The van der Waals surface area contributed by atoms with E-state index in [1.807, 2.05) is 6.92 Å². The fraction of sp³-hybridized carbons (Fsp3) is 1.00. The average molecular weight is 188 g/mol. The van der Waals surface area contributed by atoms with E-state index in [1.54, 1.807) is 0 Å². The van der Waals surface area contributed by atoms with E-state index in [0.717, 1.165) is 11.5 Å². The molecule has 0 aliphatic rings. The smallest absolute Gasteiger partial charge is 0.0414 e. The summed E-state index contributed by atoms with van der Waals surface area (Å²) in [4.78, 5) is 0. The van der Waals surface area contributed by atoms with Crippen molar-refractivity contribution in [1.82, 2.24) is 0 Å². The van der Waals surface area contributed by atoms with Crippen molar-refractivity contribution in [2.24, 2.45) is 0 Å². The molecule has 52 valence electrons. The molecule has 0 aliphatic carbocycles. The van der Waals surface area contributed by atoms with Crippen molar-refractivity contribution in [3.63, 3.8) is 0 Å². The third-order valence-electron chi connectivity index (χ3n) is 0.1000. The van der Waals surface area contributed by atoms with E-state index in [1.165, 1.54) is 0 Å². The normalized spacial score (nSPS) is 8.25. The lowest BCUT2D eigenvalue weighted by Crippen LogP contribution is -1.64. The van der Waals surface area contributed by atoms with E-state index in [-0.39, 0.29) is 4.58 Å². The van der Waals surface area contributed by atoms with Gasteiger partial charge in [0.2, 0.25) is 0 Å². The van der Waals surface area contributed by atoms with Gasteiger partial charge in [0, 0.05) is 4.58 Å². The topological polar surface area (TPSA) is 0 Å². The van der Waals surface area contributed by atoms with Crippen LogP contribution in [0.25, 0.3) is 0 Å². The van der Waals surface area contributed by atoms with Crippen molar-refractivity contribution in [2.75, 3.05) is 11.5 Å². The molecule has 0 N–H and O–H groups in total. The summed E-state index contributed by atoms with van der Waals surface area (Å²) < 4.78 is 0.222. The SMILES string of the molecule is CC(S)S.SCCS. The molecule has 0 bridgehead atoms. The largest absolute Gasteiger partial charge is 0.179 e. The number of hydrogen-bond donors (Lipinski definition) is 4. The highest BCUT2D eigenvalue weighted by Crippen LogP contribution is 1.93. The minimum atomic E-state index is 0.222. The second-order valence-corrected chi connectivity index (χ2v) is 3.93. The van der Waals surface area contributed by atoms with Gasteiger partial charge in [-0.3, -0.25) is 0 Å². The van der Waals surface area contributed by atoms with Gasteiger partial charge in [-0.1, -0.05) is 0 Å². The van der Waals surface area contributed by atoms with E-state index >= 15 is 0 Å². The molecular weight excluding hydrogens is 176 g/mol. The van der Waals surface area contributed by atoms with Crippen LogP contribution in [-0.2, 0) is 0 Å². The van der Waals surface area contributed by atoms with E-state index in [0.29, 0.717) is 0 Å². The van der Waals surface area contributed by atoms with Crippen LogP contribution in [-0.4, -0.2) is 16.1 Å². The quantitative estimate of drug-likeness (QED) is 0.351. The third kappa shape index (κ3) is 52.6. The molecule has 0 heterocycles. The highest BCUT2D eigenvalue weighted by atomic mass is 32.2. The molecule has 0 aromatic rings. The van der Waals surface area contributed by atoms with Gasteiger partial charge in [0.05, 0.1) is 0 Å². The van der Waals surface area contributed by atoms with Crippen LogP contribution in [0.2, 0.25) is 0 Å². The Labute approximate surface area is 73.5 Å². The van der Waals surface area contributed by atoms with Gasteiger partial charge in [0.1, 0.15) is 0 Å². The van der Waals surface area contributed by atoms with Gasteiger partial charge >= 0.3 is 0 Å². The van der Waals surface area contributed by atoms with E-state index < -0.39 is 0 Å². The molecule has 0 saturated carbocycles. The van der Waals surface area contributed by atoms with Crippen LogP contribution >= 0.6 is 50.5 Å². The zero-order valence-corrected chi connectivity index (χ0v) is 8.36. The van der Waals surface area contributed by atoms with Crippen LogP contribution in [0.3, 0.4) is 0 Å². The first-order chi connectivity index (χ1) is 3.65. The van der Waals surface area contributed by atoms with Gasteiger partial charge in [0.15, 0.2) is 0 Å². The maximum absolute atomic E-state index is 3.84. The van der Waals surface area contributed by atoms with Crippen molar-refractivity contribution in [3.05, 3.63) is 0 Å². The molecule has 0 aromatic heterocycles. The van der Waals surface area contributed by atoms with Gasteiger partial charge in [0.25, 0.3) is 0 Å². The summed E-state index contributed by atoms with van der Waals surface area (Å²) in [6.45, 7) is 1.90. The highest BCUT2D eigenvalue weighted by Gasteiger charge is 1.69. The lowest BCUT2D eigenvalue weighted by atomic mass is 11.0. The van der Waals surface area contributed by atoms with Gasteiger partial charge in [-0.2, -0.15) is 50.5 Å². The molecule has 0 saturated heterocycles. The molecule has 0 rings (SSSR count). The van der Waals surface area contributed by atoms with Gasteiger partial charge in [-0.25, -0.2) is 0 Å². The molecule has 0 aliphatic heterocycles. The van der Waals surface area contributed by atoms with Gasteiger partial charge in [-0.05, 0) is 18.4 Å². The van der Waals surface area contributed by atoms with Crippen LogP contribution in [0.4, 0.5) is 0 Å². The highest BCUT2D eigenvalue weighted by molar-refractivity contribution is 7.99. The van der Waals surface area contributed by atoms with Crippen molar-refractivity contribution >= 4 is 50.5 Å². The standard InChI is InChI=1S/2C2H6S2/c1-2(3)4;3-1-2-4/h2-4H,1H3;3-4H,1-2H2. The van der Waals surface area contributed by atoms with Crippen molar-refractivity contribution in [1.29, 1.82) is 0 Å². The lowest BCUT2D eigenvalue weighted by Gasteiger charge is -1.78. The number of rotatable bonds is 1. The predicted octanol–water partition coefficient (Wildman–Crippen LogP) is 2.04. The Morgan fingerprint density at radius 1 is 1.12 bits per heavy atom. The third-order valence-corrected chi connectivity index (χ3v) is 0.900. The summed E-state index contributed by atoms with van der Waals surface area (Å²) in [6, 6.07) is 0. The minimum Gasteiger partial charge on any atom is -0.179 e. The monoisotopic (exact) mass is 188 g/mol. The summed E-state index contributed by atoms with van der Waals surface area (Å²) in [5, 5.41) is 0. The maximum atomic E-state index is 3.84. The predicted molar refractivity (Wildman–Crippen MR) is 55.1 cm³/mol. The molecule has 0 atom stereocenters. The first-order valence-corrected chi connectivity index (χ1v) is 4.52. The first-order valence-electron chi connectivity index (χ1n) is 2.23. The summed E-state index contributed by atoms with van der Waals surface area (Å²) in [5.41, 5.74) is 0. The van der Waals surface area contributed by atoms with Gasteiger partial charge in [-0.15, -0.1) is 0 Å². The maximum Gasteiger partial charge on any atom is 0.0414 e. The fourth-order valence-electron chi connectivity index (χ4n) is 0. The molecule has 0 radical (unpaired) electrons. The lowest BCUT2D eigenvalue weighted by molar-refractivity contribution is 1.45. The first kappa shape index (κ1) is 12.1. The summed E-state index contributed by atoms with van der Waals surface area (Å²) in [7, 11) is 0. The molecule has 0 amide bonds. The van der Waals surface area contributed by atoms with Crippen LogP contribution in [0.1, 0.15) is 6.92 Å².